The minimum atomic E-state index is 0.547. The lowest BCUT2D eigenvalue weighted by Crippen LogP contribution is -2.47. The molecule has 0 aliphatic carbocycles. The minimum absolute atomic E-state index is 0.547. The Morgan fingerprint density at radius 3 is 1.36 bits per heavy atom. The minimum Gasteiger partial charge on any atom is -0.378 e. The molecule has 1 aliphatic heterocycles. The van der Waals surface area contributed by atoms with Crippen molar-refractivity contribution in [3.05, 3.63) is 59.7 Å². The second kappa shape index (κ2) is 18.3. The molecule has 3 rings (SSSR count). The zero-order valence-corrected chi connectivity index (χ0v) is 27.0. The van der Waals surface area contributed by atoms with Crippen LogP contribution in [0.25, 0.3) is 0 Å². The third-order valence-electron chi connectivity index (χ3n) is 6.92. The number of nitrogens with one attached hydrogen (secondary N) is 4. The number of nitrogens with zero attached hydrogens (tertiary/aromatic N) is 6. The molecule has 228 valence electrons. The molecule has 0 aromatic heterocycles. The number of hydrazone groups is 2. The molecule has 0 amide bonds. The van der Waals surface area contributed by atoms with E-state index in [1.165, 1.54) is 0 Å². The monoisotopic (exact) mass is 610 g/mol. The Bertz CT molecular complexity index is 1050. The van der Waals surface area contributed by atoms with Gasteiger partial charge in [-0.05, 0) is 85.8 Å². The number of hydrogen-bond acceptors (Lipinski definition) is 8. The summed E-state index contributed by atoms with van der Waals surface area (Å²) in [7, 11) is 8.10. The van der Waals surface area contributed by atoms with E-state index in [-0.39, 0.29) is 0 Å². The van der Waals surface area contributed by atoms with Gasteiger partial charge in [0.1, 0.15) is 0 Å². The van der Waals surface area contributed by atoms with Crippen molar-refractivity contribution in [3.63, 3.8) is 0 Å². The van der Waals surface area contributed by atoms with E-state index in [0.717, 1.165) is 87.7 Å². The third-order valence-corrected chi connectivity index (χ3v) is 7.39. The molecule has 1 aliphatic rings. The number of benzene rings is 2. The van der Waals surface area contributed by atoms with Crippen LogP contribution in [0.1, 0.15) is 24.0 Å². The van der Waals surface area contributed by atoms with Crippen LogP contribution in [-0.2, 0) is 0 Å². The standard InChI is InChI=1S/C30H46N10S2/c1-37(2)27-11-7-25(8-12-27)23-33-35-29(41)31-15-5-17-39-19-21-40(22-20-39)18-6-16-32-30(42)36-34-24-26-9-13-28(14-10-26)38(3)4/h7-14,23-24H,5-6,15-22H2,1-4H3,(H2,31,35,41)(H2,32,36,42)/b33-23-,34-24-. The highest BCUT2D eigenvalue weighted by Gasteiger charge is 2.15. The first kappa shape index (κ1) is 33.2. The molecule has 10 nitrogen and oxygen atoms in total. The summed E-state index contributed by atoms with van der Waals surface area (Å²) in [6.07, 6.45) is 5.62. The van der Waals surface area contributed by atoms with Crippen molar-refractivity contribution >= 4 is 58.5 Å². The Kier molecular flexibility index (Phi) is 14.4. The van der Waals surface area contributed by atoms with Crippen LogP contribution in [0, 0.1) is 0 Å². The van der Waals surface area contributed by atoms with E-state index >= 15 is 0 Å². The molecule has 0 unspecified atom stereocenters. The van der Waals surface area contributed by atoms with Gasteiger partial charge in [0.05, 0.1) is 12.4 Å². The lowest BCUT2D eigenvalue weighted by Gasteiger charge is -2.34. The summed E-state index contributed by atoms with van der Waals surface area (Å²) < 4.78 is 0. The van der Waals surface area contributed by atoms with Crippen LogP contribution >= 0.6 is 24.4 Å². The molecule has 12 heteroatoms. The smallest absolute Gasteiger partial charge is 0.186 e. The number of piperazine rings is 1. The van der Waals surface area contributed by atoms with Crippen LogP contribution < -0.4 is 31.3 Å². The van der Waals surface area contributed by atoms with Gasteiger partial charge in [-0.15, -0.1) is 0 Å². The van der Waals surface area contributed by atoms with Crippen molar-refractivity contribution in [2.45, 2.75) is 12.8 Å². The van der Waals surface area contributed by atoms with Crippen LogP contribution in [0.15, 0.2) is 58.7 Å². The van der Waals surface area contributed by atoms with Crippen molar-refractivity contribution in [2.24, 2.45) is 10.2 Å². The molecule has 0 bridgehead atoms. The summed E-state index contributed by atoms with van der Waals surface area (Å²) in [5.74, 6) is 0. The molecule has 0 spiro atoms. The van der Waals surface area contributed by atoms with Gasteiger partial charge in [-0.2, -0.15) is 10.2 Å². The number of thiocarbonyl (C=S) groups is 2. The maximum Gasteiger partial charge on any atom is 0.186 e. The van der Waals surface area contributed by atoms with Crippen molar-refractivity contribution < 1.29 is 0 Å². The van der Waals surface area contributed by atoms with Gasteiger partial charge < -0.3 is 30.2 Å². The van der Waals surface area contributed by atoms with Gasteiger partial charge in [0.15, 0.2) is 10.2 Å². The third kappa shape index (κ3) is 12.7. The molecule has 42 heavy (non-hydrogen) atoms. The van der Waals surface area contributed by atoms with E-state index in [9.17, 15) is 0 Å². The second-order valence-corrected chi connectivity index (χ2v) is 11.4. The number of hydrogen-bond donors (Lipinski definition) is 4. The van der Waals surface area contributed by atoms with Crippen molar-refractivity contribution in [2.75, 3.05) is 90.3 Å². The van der Waals surface area contributed by atoms with E-state index in [4.69, 9.17) is 24.4 Å². The van der Waals surface area contributed by atoms with Crippen LogP contribution in [-0.4, -0.2) is 113 Å². The second-order valence-electron chi connectivity index (χ2n) is 10.6. The first-order chi connectivity index (χ1) is 20.3. The van der Waals surface area contributed by atoms with E-state index in [0.29, 0.717) is 10.2 Å². The predicted molar refractivity (Wildman–Crippen MR) is 186 cm³/mol. The molecule has 1 heterocycles. The molecule has 0 radical (unpaired) electrons. The lowest BCUT2D eigenvalue weighted by atomic mass is 10.2. The summed E-state index contributed by atoms with van der Waals surface area (Å²) in [6, 6.07) is 16.4. The lowest BCUT2D eigenvalue weighted by molar-refractivity contribution is 0.131. The Labute approximate surface area is 262 Å². The normalized spacial score (nSPS) is 14.2. The Morgan fingerprint density at radius 2 is 1.02 bits per heavy atom. The van der Waals surface area contributed by atoms with Crippen molar-refractivity contribution in [3.8, 4) is 0 Å². The molecular weight excluding hydrogens is 565 g/mol. The molecular formula is C30H46N10S2. The SMILES string of the molecule is CN(C)c1ccc(/C=N\NC(=S)NCCCN2CCN(CCCNC(=S)N/N=C\c3ccc(N(C)C)cc3)CC2)cc1. The van der Waals surface area contributed by atoms with E-state index in [1.807, 2.05) is 52.5 Å². The first-order valence-corrected chi connectivity index (χ1v) is 15.2. The average molecular weight is 611 g/mol. The largest absolute Gasteiger partial charge is 0.378 e. The molecule has 4 N–H and O–H groups in total. The zero-order valence-electron chi connectivity index (χ0n) is 25.3. The van der Waals surface area contributed by atoms with Gasteiger partial charge >= 0.3 is 0 Å². The Morgan fingerprint density at radius 1 is 0.667 bits per heavy atom. The van der Waals surface area contributed by atoms with Gasteiger partial charge in [0.25, 0.3) is 0 Å². The summed E-state index contributed by atoms with van der Waals surface area (Å²) in [5, 5.41) is 16.0. The fraction of sp³-hybridized carbons (Fsp3) is 0.467. The quantitative estimate of drug-likeness (QED) is 0.111. The molecule has 2 aromatic rings. The molecule has 0 saturated carbocycles. The highest BCUT2D eigenvalue weighted by molar-refractivity contribution is 7.80. The predicted octanol–water partition coefficient (Wildman–Crippen LogP) is 2.51. The Balaban J connectivity index is 1.17. The Hall–Kier alpha value is -3.32. The van der Waals surface area contributed by atoms with Crippen LogP contribution in [0.5, 0.6) is 0 Å². The van der Waals surface area contributed by atoms with Gasteiger partial charge in [-0.3, -0.25) is 10.9 Å². The fourth-order valence-corrected chi connectivity index (χ4v) is 4.68. The molecule has 1 saturated heterocycles. The summed E-state index contributed by atoms with van der Waals surface area (Å²) in [6.45, 7) is 8.15. The first-order valence-electron chi connectivity index (χ1n) is 14.4. The maximum atomic E-state index is 5.34. The average Bonchev–Trinajstić information content (AvgIpc) is 2.99. The van der Waals surface area contributed by atoms with Crippen LogP contribution in [0.2, 0.25) is 0 Å². The number of rotatable bonds is 14. The summed E-state index contributed by atoms with van der Waals surface area (Å²) >= 11 is 10.7. The maximum absolute atomic E-state index is 5.34. The van der Waals surface area contributed by atoms with E-state index in [2.05, 4.69) is 75.6 Å². The topological polar surface area (TPSA) is 85.8 Å². The highest BCUT2D eigenvalue weighted by atomic mass is 32.1. The van der Waals surface area contributed by atoms with Gasteiger partial charge in [-0.25, -0.2) is 0 Å². The van der Waals surface area contributed by atoms with Crippen LogP contribution in [0.3, 0.4) is 0 Å². The van der Waals surface area contributed by atoms with E-state index in [1.54, 1.807) is 12.4 Å². The van der Waals surface area contributed by atoms with E-state index < -0.39 is 0 Å². The van der Waals surface area contributed by atoms with Gasteiger partial charge in [-0.1, -0.05) is 24.3 Å². The van der Waals surface area contributed by atoms with Crippen LogP contribution in [0.4, 0.5) is 11.4 Å². The molecule has 2 aromatic carbocycles. The number of anilines is 2. The van der Waals surface area contributed by atoms with Gasteiger partial charge in [0, 0.05) is 78.8 Å². The fourth-order valence-electron chi connectivity index (χ4n) is 4.37. The van der Waals surface area contributed by atoms with Crippen molar-refractivity contribution in [1.29, 1.82) is 0 Å². The summed E-state index contributed by atoms with van der Waals surface area (Å²) in [4.78, 5) is 9.18. The van der Waals surface area contributed by atoms with Crippen molar-refractivity contribution in [1.82, 2.24) is 31.3 Å². The zero-order chi connectivity index (χ0) is 30.2. The summed E-state index contributed by atoms with van der Waals surface area (Å²) in [5.41, 5.74) is 10.2. The van der Waals surface area contributed by atoms with Gasteiger partial charge in [0.2, 0.25) is 0 Å². The highest BCUT2D eigenvalue weighted by Crippen LogP contribution is 2.11. The molecule has 1 fully saturated rings. The molecule has 0 atom stereocenters.